The van der Waals surface area contributed by atoms with Crippen molar-refractivity contribution in [3.8, 4) is 5.75 Å². The highest BCUT2D eigenvalue weighted by atomic mass is 32.1. The molecule has 1 aromatic heterocycles. The highest BCUT2D eigenvalue weighted by molar-refractivity contribution is 7.13. The van der Waals surface area contributed by atoms with E-state index in [0.29, 0.717) is 5.13 Å². The maximum Gasteiger partial charge on any atom is 0.573 e. The third-order valence-corrected chi connectivity index (χ3v) is 2.67. The number of carbonyl (C=O) groups excluding carboxylic acids is 1. The first kappa shape index (κ1) is 13.3. The molecule has 1 heterocycles. The van der Waals surface area contributed by atoms with Crippen LogP contribution in [0.5, 0.6) is 5.75 Å². The molecular formula is C11H7F3N2O2S. The molecule has 1 amide bonds. The number of nitrogens with zero attached hydrogens (tertiary/aromatic N) is 1. The first-order chi connectivity index (χ1) is 8.94. The van der Waals surface area contributed by atoms with E-state index in [4.69, 9.17) is 0 Å². The zero-order valence-corrected chi connectivity index (χ0v) is 10.1. The fourth-order valence-electron chi connectivity index (χ4n) is 1.29. The van der Waals surface area contributed by atoms with Gasteiger partial charge in [0.25, 0.3) is 5.91 Å². The standard InChI is InChI=1S/C11H7F3N2O2S/c12-11(13,14)18-8-3-1-2-7(6-8)9(17)16-10-15-4-5-19-10/h1-6H,(H,15,16,17). The number of rotatable bonds is 3. The van der Waals surface area contributed by atoms with Crippen LogP contribution in [0.2, 0.25) is 0 Å². The number of aromatic nitrogens is 1. The Morgan fingerprint density at radius 3 is 2.79 bits per heavy atom. The number of amides is 1. The number of alkyl halides is 3. The molecular weight excluding hydrogens is 281 g/mol. The van der Waals surface area contributed by atoms with Crippen molar-refractivity contribution < 1.29 is 22.7 Å². The molecule has 19 heavy (non-hydrogen) atoms. The summed E-state index contributed by atoms with van der Waals surface area (Å²) in [6, 6.07) is 4.81. The summed E-state index contributed by atoms with van der Waals surface area (Å²) in [6.45, 7) is 0. The predicted octanol–water partition coefficient (Wildman–Crippen LogP) is 3.29. The van der Waals surface area contributed by atoms with E-state index < -0.39 is 18.0 Å². The summed E-state index contributed by atoms with van der Waals surface area (Å²) >= 11 is 1.21. The monoisotopic (exact) mass is 288 g/mol. The van der Waals surface area contributed by atoms with Crippen LogP contribution in [0.1, 0.15) is 10.4 Å². The van der Waals surface area contributed by atoms with Gasteiger partial charge in [0, 0.05) is 17.1 Å². The summed E-state index contributed by atoms with van der Waals surface area (Å²) in [7, 11) is 0. The lowest BCUT2D eigenvalue weighted by Gasteiger charge is -2.09. The van der Waals surface area contributed by atoms with Crippen molar-refractivity contribution in [2.45, 2.75) is 6.36 Å². The van der Waals surface area contributed by atoms with E-state index in [-0.39, 0.29) is 5.56 Å². The second-order valence-electron chi connectivity index (χ2n) is 3.37. The summed E-state index contributed by atoms with van der Waals surface area (Å²) in [4.78, 5) is 15.6. The number of halogens is 3. The second kappa shape index (κ2) is 5.27. The summed E-state index contributed by atoms with van der Waals surface area (Å²) in [5.74, 6) is -0.998. The smallest absolute Gasteiger partial charge is 0.406 e. The van der Waals surface area contributed by atoms with Crippen molar-refractivity contribution >= 4 is 22.4 Å². The number of hydrogen-bond donors (Lipinski definition) is 1. The van der Waals surface area contributed by atoms with E-state index in [1.807, 2.05) is 0 Å². The highest BCUT2D eigenvalue weighted by Gasteiger charge is 2.31. The van der Waals surface area contributed by atoms with E-state index in [0.717, 1.165) is 12.1 Å². The van der Waals surface area contributed by atoms with Gasteiger partial charge in [0.1, 0.15) is 5.75 Å². The number of carbonyl (C=O) groups is 1. The van der Waals surface area contributed by atoms with E-state index in [1.54, 1.807) is 5.38 Å². The lowest BCUT2D eigenvalue weighted by Crippen LogP contribution is -2.18. The van der Waals surface area contributed by atoms with Crippen LogP contribution >= 0.6 is 11.3 Å². The predicted molar refractivity (Wildman–Crippen MR) is 63.2 cm³/mol. The largest absolute Gasteiger partial charge is 0.573 e. The molecule has 100 valence electrons. The van der Waals surface area contributed by atoms with Gasteiger partial charge < -0.3 is 4.74 Å². The van der Waals surface area contributed by atoms with Gasteiger partial charge in [-0.2, -0.15) is 0 Å². The van der Waals surface area contributed by atoms with Gasteiger partial charge in [-0.25, -0.2) is 4.98 Å². The van der Waals surface area contributed by atoms with E-state index in [2.05, 4.69) is 15.0 Å². The Bertz CT molecular complexity index is 570. The number of thiazole rings is 1. The summed E-state index contributed by atoms with van der Waals surface area (Å²) in [5.41, 5.74) is 0.0527. The normalized spacial score (nSPS) is 11.1. The van der Waals surface area contributed by atoms with Gasteiger partial charge >= 0.3 is 6.36 Å². The van der Waals surface area contributed by atoms with Crippen LogP contribution in [-0.2, 0) is 0 Å². The maximum atomic E-state index is 12.0. The maximum absolute atomic E-state index is 12.0. The van der Waals surface area contributed by atoms with Crippen LogP contribution in [-0.4, -0.2) is 17.3 Å². The average Bonchev–Trinajstić information content (AvgIpc) is 2.80. The second-order valence-corrected chi connectivity index (χ2v) is 4.26. The first-order valence-corrected chi connectivity index (χ1v) is 5.89. The fraction of sp³-hybridized carbons (Fsp3) is 0.0909. The molecule has 1 aromatic carbocycles. The molecule has 4 nitrogen and oxygen atoms in total. The summed E-state index contributed by atoms with van der Waals surface area (Å²) < 4.78 is 39.9. The fourth-order valence-corrected chi connectivity index (χ4v) is 1.81. The summed E-state index contributed by atoms with van der Waals surface area (Å²) in [5, 5.41) is 4.49. The molecule has 0 radical (unpaired) electrons. The Morgan fingerprint density at radius 1 is 1.37 bits per heavy atom. The Labute approximate surface area is 109 Å². The molecule has 0 fully saturated rings. The molecule has 1 N–H and O–H groups in total. The molecule has 0 spiro atoms. The zero-order chi connectivity index (χ0) is 13.9. The molecule has 0 bridgehead atoms. The van der Waals surface area contributed by atoms with Crippen LogP contribution in [0.4, 0.5) is 18.3 Å². The van der Waals surface area contributed by atoms with E-state index in [9.17, 15) is 18.0 Å². The third-order valence-electron chi connectivity index (χ3n) is 1.98. The van der Waals surface area contributed by atoms with Crippen molar-refractivity contribution in [1.29, 1.82) is 0 Å². The van der Waals surface area contributed by atoms with E-state index in [1.165, 1.54) is 29.7 Å². The minimum atomic E-state index is -4.79. The molecule has 0 atom stereocenters. The van der Waals surface area contributed by atoms with Crippen LogP contribution in [0.15, 0.2) is 35.8 Å². The highest BCUT2D eigenvalue weighted by Crippen LogP contribution is 2.23. The van der Waals surface area contributed by atoms with Gasteiger partial charge in [0.15, 0.2) is 5.13 Å². The molecule has 8 heteroatoms. The Hall–Kier alpha value is -2.09. The number of nitrogens with one attached hydrogen (secondary N) is 1. The molecule has 0 saturated heterocycles. The van der Waals surface area contributed by atoms with Crippen LogP contribution < -0.4 is 10.1 Å². The molecule has 0 aliphatic carbocycles. The van der Waals surface area contributed by atoms with Gasteiger partial charge in [-0.3, -0.25) is 10.1 Å². The van der Waals surface area contributed by atoms with Gasteiger partial charge in [0.2, 0.25) is 0 Å². The Kier molecular flexibility index (Phi) is 3.70. The number of anilines is 1. The number of benzene rings is 1. The van der Waals surface area contributed by atoms with Crippen LogP contribution in [0, 0.1) is 0 Å². The Balaban J connectivity index is 2.12. The van der Waals surface area contributed by atoms with Crippen molar-refractivity contribution in [3.05, 3.63) is 41.4 Å². The van der Waals surface area contributed by atoms with Gasteiger partial charge in [-0.05, 0) is 18.2 Å². The third kappa shape index (κ3) is 3.95. The van der Waals surface area contributed by atoms with Gasteiger partial charge in [0.05, 0.1) is 0 Å². The lowest BCUT2D eigenvalue weighted by atomic mass is 10.2. The topological polar surface area (TPSA) is 51.2 Å². The van der Waals surface area contributed by atoms with Gasteiger partial charge in [-0.15, -0.1) is 24.5 Å². The quantitative estimate of drug-likeness (QED) is 0.942. The average molecular weight is 288 g/mol. The van der Waals surface area contributed by atoms with E-state index >= 15 is 0 Å². The van der Waals surface area contributed by atoms with Crippen LogP contribution in [0.25, 0.3) is 0 Å². The minimum Gasteiger partial charge on any atom is -0.406 e. The van der Waals surface area contributed by atoms with Crippen molar-refractivity contribution in [2.75, 3.05) is 5.32 Å². The van der Waals surface area contributed by atoms with Crippen molar-refractivity contribution in [1.82, 2.24) is 4.98 Å². The van der Waals surface area contributed by atoms with Crippen molar-refractivity contribution in [3.63, 3.8) is 0 Å². The minimum absolute atomic E-state index is 0.0527. The van der Waals surface area contributed by atoms with Gasteiger partial charge in [-0.1, -0.05) is 6.07 Å². The first-order valence-electron chi connectivity index (χ1n) is 5.01. The SMILES string of the molecule is O=C(Nc1nccs1)c1cccc(OC(F)(F)F)c1. The molecule has 0 aliphatic heterocycles. The van der Waals surface area contributed by atoms with Crippen LogP contribution in [0.3, 0.4) is 0 Å². The number of hydrogen-bond acceptors (Lipinski definition) is 4. The molecule has 0 unspecified atom stereocenters. The Morgan fingerprint density at radius 2 is 2.16 bits per heavy atom. The zero-order valence-electron chi connectivity index (χ0n) is 9.27. The molecule has 2 rings (SSSR count). The molecule has 0 aliphatic rings. The lowest BCUT2D eigenvalue weighted by molar-refractivity contribution is -0.274. The summed E-state index contributed by atoms with van der Waals surface area (Å²) in [6.07, 6.45) is -3.28. The molecule has 0 saturated carbocycles. The number of ether oxygens (including phenoxy) is 1. The van der Waals surface area contributed by atoms with Crippen molar-refractivity contribution in [2.24, 2.45) is 0 Å². The molecule has 2 aromatic rings.